The van der Waals surface area contributed by atoms with Crippen LogP contribution in [-0.4, -0.2) is 62.3 Å². The quantitative estimate of drug-likeness (QED) is 0.349. The van der Waals surface area contributed by atoms with E-state index in [-0.39, 0.29) is 27.5 Å². The first-order valence-corrected chi connectivity index (χ1v) is 9.83. The van der Waals surface area contributed by atoms with Crippen molar-refractivity contribution in [2.75, 3.05) is 12.8 Å². The van der Waals surface area contributed by atoms with Crippen molar-refractivity contribution in [1.82, 2.24) is 15.2 Å². The van der Waals surface area contributed by atoms with Crippen LogP contribution in [0.3, 0.4) is 0 Å². The second-order valence-electron chi connectivity index (χ2n) is 6.09. The molecule has 2 aliphatic heterocycles. The van der Waals surface area contributed by atoms with Crippen molar-refractivity contribution in [2.45, 2.75) is 29.5 Å². The number of oxime groups is 1. The number of rotatable bonds is 5. The van der Waals surface area contributed by atoms with Gasteiger partial charge in [0.2, 0.25) is 0 Å². The molecule has 4 N–H and O–H groups in total. The predicted molar refractivity (Wildman–Crippen MR) is 97.9 cm³/mol. The fraction of sp³-hybridized carbons (Fsp3) is 0.400. The summed E-state index contributed by atoms with van der Waals surface area (Å²) in [5.41, 5.74) is 6.58. The topological polar surface area (TPSA) is 147 Å². The molecular formula is C15H15N5O5S2. The number of anilines is 1. The number of carboxylic acid groups (broad SMARTS) is 1. The molecular weight excluding hydrogens is 394 g/mol. The van der Waals surface area contributed by atoms with E-state index in [4.69, 9.17) is 10.6 Å². The maximum absolute atomic E-state index is 12.6. The Kier molecular flexibility index (Phi) is 4.30. The number of amides is 2. The second kappa shape index (κ2) is 6.53. The molecule has 0 unspecified atom stereocenters. The molecule has 1 saturated heterocycles. The number of carboxylic acids is 1. The zero-order valence-corrected chi connectivity index (χ0v) is 15.7. The first-order valence-electron chi connectivity index (χ1n) is 8.00. The van der Waals surface area contributed by atoms with E-state index in [0.29, 0.717) is 6.42 Å². The Morgan fingerprint density at radius 1 is 1.52 bits per heavy atom. The van der Waals surface area contributed by atoms with Gasteiger partial charge in [-0.2, -0.15) is 0 Å². The molecule has 0 bridgehead atoms. The fourth-order valence-electron chi connectivity index (χ4n) is 3.27. The van der Waals surface area contributed by atoms with E-state index in [0.717, 1.165) is 23.3 Å². The lowest BCUT2D eigenvalue weighted by Gasteiger charge is -2.53. The van der Waals surface area contributed by atoms with Gasteiger partial charge in [-0.15, -0.1) is 23.1 Å². The summed E-state index contributed by atoms with van der Waals surface area (Å²) in [5.74, 6) is -2.20. The molecule has 0 spiro atoms. The number of aliphatic carboxylic acids is 1. The molecule has 2 fully saturated rings. The van der Waals surface area contributed by atoms with Gasteiger partial charge >= 0.3 is 5.97 Å². The number of nitrogens with zero attached hydrogens (tertiary/aromatic N) is 3. The molecule has 12 heteroatoms. The third-order valence-corrected chi connectivity index (χ3v) is 6.89. The van der Waals surface area contributed by atoms with Crippen LogP contribution in [0, 0.1) is 0 Å². The Bertz CT molecular complexity index is 910. The van der Waals surface area contributed by atoms with Crippen LogP contribution in [0.25, 0.3) is 0 Å². The molecule has 142 valence electrons. The SMILES string of the molecule is CON=C(C(=O)N[C@@H]1C(=O)N2C(C(=O)O)=C3CC[C@@H]3S[C@H]12)c1csc(N)n1. The number of hydrogen-bond donors (Lipinski definition) is 3. The minimum absolute atomic E-state index is 0.0588. The Morgan fingerprint density at radius 2 is 2.30 bits per heavy atom. The standard InChI is InChI=1S/C15H15N5O5S2/c1-25-19-8(6-4-26-15(16)17-6)11(21)18-9-12(22)20-10(14(23)24)5-2-3-7(5)27-13(9)20/h4,7,9,13H,2-3H2,1H3,(H2,16,17)(H,18,21)(H,23,24)/t7-,9+,13+/m0/s1. The van der Waals surface area contributed by atoms with Gasteiger partial charge in [-0.25, -0.2) is 9.78 Å². The molecule has 1 aromatic heterocycles. The summed E-state index contributed by atoms with van der Waals surface area (Å²) in [5, 5.41) is 17.2. The van der Waals surface area contributed by atoms with Crippen molar-refractivity contribution in [3.63, 3.8) is 0 Å². The van der Waals surface area contributed by atoms with Crippen LogP contribution in [0.15, 0.2) is 21.8 Å². The number of carbonyl (C=O) groups excluding carboxylic acids is 2. The largest absolute Gasteiger partial charge is 0.477 e. The predicted octanol–water partition coefficient (Wildman–Crippen LogP) is -0.0232. The number of β-lactam (4-membered cyclic amide) rings is 1. The van der Waals surface area contributed by atoms with Crippen LogP contribution in [0.2, 0.25) is 0 Å². The normalized spacial score (nSPS) is 26.6. The van der Waals surface area contributed by atoms with Crippen LogP contribution in [0.1, 0.15) is 18.5 Å². The van der Waals surface area contributed by atoms with Crippen molar-refractivity contribution in [3.05, 3.63) is 22.3 Å². The van der Waals surface area contributed by atoms with Crippen molar-refractivity contribution in [1.29, 1.82) is 0 Å². The van der Waals surface area contributed by atoms with Crippen molar-refractivity contribution in [2.24, 2.45) is 5.16 Å². The summed E-state index contributed by atoms with van der Waals surface area (Å²) >= 11 is 2.64. The summed E-state index contributed by atoms with van der Waals surface area (Å²) in [4.78, 5) is 46.7. The van der Waals surface area contributed by atoms with E-state index < -0.39 is 29.2 Å². The zero-order chi connectivity index (χ0) is 19.3. The fourth-order valence-corrected chi connectivity index (χ4v) is 5.47. The Labute approximate surface area is 161 Å². The lowest BCUT2D eigenvalue weighted by Crippen LogP contribution is -2.72. The number of nitrogen functional groups attached to an aromatic ring is 1. The Balaban J connectivity index is 1.54. The molecule has 4 rings (SSSR count). The highest BCUT2D eigenvalue weighted by molar-refractivity contribution is 8.01. The van der Waals surface area contributed by atoms with Crippen molar-refractivity contribution >= 4 is 51.7 Å². The van der Waals surface area contributed by atoms with Crippen LogP contribution in [0.4, 0.5) is 5.13 Å². The first-order chi connectivity index (χ1) is 12.9. The second-order valence-corrected chi connectivity index (χ2v) is 8.30. The van der Waals surface area contributed by atoms with Gasteiger partial charge in [-0.3, -0.25) is 14.5 Å². The molecule has 2 amide bonds. The number of hydrogen-bond acceptors (Lipinski definition) is 9. The average Bonchev–Trinajstić information content (AvgIpc) is 3.03. The lowest BCUT2D eigenvalue weighted by molar-refractivity contribution is -0.150. The maximum atomic E-state index is 12.6. The summed E-state index contributed by atoms with van der Waals surface area (Å²) in [7, 11) is 1.29. The molecule has 27 heavy (non-hydrogen) atoms. The van der Waals surface area contributed by atoms with Gasteiger partial charge in [0.25, 0.3) is 11.8 Å². The van der Waals surface area contributed by atoms with Gasteiger partial charge < -0.3 is 21.0 Å². The lowest BCUT2D eigenvalue weighted by atomic mass is 9.87. The molecule has 1 saturated carbocycles. The highest BCUT2D eigenvalue weighted by Crippen LogP contribution is 2.51. The molecule has 1 aliphatic carbocycles. The number of carbonyl (C=O) groups is 3. The van der Waals surface area contributed by atoms with E-state index >= 15 is 0 Å². The van der Waals surface area contributed by atoms with Crippen molar-refractivity contribution < 1.29 is 24.3 Å². The van der Waals surface area contributed by atoms with Crippen molar-refractivity contribution in [3.8, 4) is 0 Å². The summed E-state index contributed by atoms with van der Waals surface area (Å²) in [6.07, 6.45) is 1.55. The monoisotopic (exact) mass is 409 g/mol. The highest BCUT2D eigenvalue weighted by Gasteiger charge is 2.57. The molecule has 3 aliphatic rings. The molecule has 0 radical (unpaired) electrons. The number of nitrogens with two attached hydrogens (primary N) is 1. The zero-order valence-electron chi connectivity index (χ0n) is 14.0. The average molecular weight is 409 g/mol. The number of aromatic nitrogens is 1. The third kappa shape index (κ3) is 2.75. The third-order valence-electron chi connectivity index (χ3n) is 4.61. The van der Waals surface area contributed by atoms with Gasteiger partial charge in [0.05, 0.1) is 0 Å². The minimum Gasteiger partial charge on any atom is -0.477 e. The van der Waals surface area contributed by atoms with E-state index in [9.17, 15) is 19.5 Å². The Hall–Kier alpha value is -2.60. The molecule has 3 heterocycles. The molecule has 1 aromatic rings. The first kappa shape index (κ1) is 17.8. The summed E-state index contributed by atoms with van der Waals surface area (Å²) < 4.78 is 0. The maximum Gasteiger partial charge on any atom is 0.352 e. The minimum atomic E-state index is -1.11. The van der Waals surface area contributed by atoms with Gasteiger partial charge in [-0.05, 0) is 18.4 Å². The van der Waals surface area contributed by atoms with E-state index in [1.807, 2.05) is 0 Å². The van der Waals surface area contributed by atoms with Crippen LogP contribution in [0.5, 0.6) is 0 Å². The number of thioether (sulfide) groups is 1. The van der Waals surface area contributed by atoms with Gasteiger partial charge in [0, 0.05) is 10.6 Å². The van der Waals surface area contributed by atoms with E-state index in [1.165, 1.54) is 23.8 Å². The number of thiazole rings is 1. The summed E-state index contributed by atoms with van der Waals surface area (Å²) in [6.45, 7) is 0. The van der Waals surface area contributed by atoms with E-state index in [2.05, 4.69) is 15.5 Å². The van der Waals surface area contributed by atoms with E-state index in [1.54, 1.807) is 5.38 Å². The smallest absolute Gasteiger partial charge is 0.352 e. The molecule has 0 aromatic carbocycles. The Morgan fingerprint density at radius 3 is 2.85 bits per heavy atom. The van der Waals surface area contributed by atoms with Gasteiger partial charge in [0.15, 0.2) is 10.8 Å². The summed E-state index contributed by atoms with van der Waals surface area (Å²) in [6, 6.07) is -0.836. The van der Waals surface area contributed by atoms with Gasteiger partial charge in [0.1, 0.15) is 29.9 Å². The highest BCUT2D eigenvalue weighted by atomic mass is 32.2. The molecule has 3 atom stereocenters. The molecule has 10 nitrogen and oxygen atoms in total. The van der Waals surface area contributed by atoms with Gasteiger partial charge in [-0.1, -0.05) is 5.16 Å². The van der Waals surface area contributed by atoms with Crippen LogP contribution in [-0.2, 0) is 19.2 Å². The van der Waals surface area contributed by atoms with Crippen LogP contribution < -0.4 is 11.1 Å². The number of nitrogens with one attached hydrogen (secondary N) is 1. The van der Waals surface area contributed by atoms with Crippen LogP contribution >= 0.6 is 23.1 Å². The number of fused-ring (bicyclic) bond motifs is 2.